The molecule has 2 fully saturated rings. The van der Waals surface area contributed by atoms with Gasteiger partial charge >= 0.3 is 0 Å². The first-order chi connectivity index (χ1) is 10.3. The summed E-state index contributed by atoms with van der Waals surface area (Å²) in [5, 5.41) is 3.30. The smallest absolute Gasteiger partial charge is 0.227 e. The van der Waals surface area contributed by atoms with Gasteiger partial charge in [-0.2, -0.15) is 0 Å². The van der Waals surface area contributed by atoms with Gasteiger partial charge in [0.25, 0.3) is 0 Å². The van der Waals surface area contributed by atoms with Gasteiger partial charge in [0, 0.05) is 45.3 Å². The van der Waals surface area contributed by atoms with Crippen LogP contribution in [0, 0.1) is 0 Å². The molecule has 1 amide bonds. The molecular weight excluding hydrogens is 266 g/mol. The lowest BCUT2D eigenvalue weighted by Gasteiger charge is -2.43. The molecule has 114 valence electrons. The highest BCUT2D eigenvalue weighted by atomic mass is 16.5. The molecule has 2 aliphatic rings. The van der Waals surface area contributed by atoms with E-state index in [1.165, 1.54) is 0 Å². The van der Waals surface area contributed by atoms with Gasteiger partial charge in [-0.3, -0.25) is 9.69 Å². The summed E-state index contributed by atoms with van der Waals surface area (Å²) >= 11 is 0. The van der Waals surface area contributed by atoms with Crippen molar-refractivity contribution in [3.8, 4) is 5.75 Å². The van der Waals surface area contributed by atoms with Crippen molar-refractivity contribution in [1.29, 1.82) is 0 Å². The average molecular weight is 289 g/mol. The first-order valence-corrected chi connectivity index (χ1v) is 7.62. The van der Waals surface area contributed by atoms with Gasteiger partial charge in [0.1, 0.15) is 5.75 Å². The molecule has 0 spiro atoms. The Kier molecular flexibility index (Phi) is 4.41. The van der Waals surface area contributed by atoms with Crippen molar-refractivity contribution < 1.29 is 9.53 Å². The van der Waals surface area contributed by atoms with E-state index < -0.39 is 0 Å². The molecule has 5 heteroatoms. The maximum Gasteiger partial charge on any atom is 0.227 e. The molecule has 0 radical (unpaired) electrons. The fraction of sp³-hybridized carbons (Fsp3) is 0.562. The Morgan fingerprint density at radius 3 is 2.67 bits per heavy atom. The van der Waals surface area contributed by atoms with Crippen LogP contribution in [0.3, 0.4) is 0 Å². The van der Waals surface area contributed by atoms with Crippen LogP contribution >= 0.6 is 0 Å². The van der Waals surface area contributed by atoms with Crippen LogP contribution in [0.5, 0.6) is 5.75 Å². The Morgan fingerprint density at radius 2 is 2.05 bits per heavy atom. The molecule has 3 rings (SSSR count). The van der Waals surface area contributed by atoms with Crippen molar-refractivity contribution in [2.24, 2.45) is 0 Å². The third-order valence-electron chi connectivity index (χ3n) is 4.43. The SMILES string of the molecule is COc1cccc(CC(=O)N2CCN(C3CNC3)CC2)c1. The Balaban J connectivity index is 1.51. The van der Waals surface area contributed by atoms with E-state index in [1.54, 1.807) is 7.11 Å². The third kappa shape index (κ3) is 3.36. The van der Waals surface area contributed by atoms with Gasteiger partial charge in [0.2, 0.25) is 5.91 Å². The second-order valence-electron chi connectivity index (χ2n) is 5.76. The number of hydrogen-bond donors (Lipinski definition) is 1. The first kappa shape index (κ1) is 14.4. The van der Waals surface area contributed by atoms with Gasteiger partial charge in [0.15, 0.2) is 0 Å². The first-order valence-electron chi connectivity index (χ1n) is 7.62. The number of benzene rings is 1. The van der Waals surface area contributed by atoms with Gasteiger partial charge in [-0.15, -0.1) is 0 Å². The van der Waals surface area contributed by atoms with Crippen LogP contribution in [0.1, 0.15) is 5.56 Å². The van der Waals surface area contributed by atoms with Crippen molar-refractivity contribution in [3.63, 3.8) is 0 Å². The topological polar surface area (TPSA) is 44.8 Å². The molecule has 2 heterocycles. The summed E-state index contributed by atoms with van der Waals surface area (Å²) in [6.45, 7) is 5.88. The second-order valence-corrected chi connectivity index (χ2v) is 5.76. The maximum atomic E-state index is 12.4. The van der Waals surface area contributed by atoms with Crippen LogP contribution in [0.4, 0.5) is 0 Å². The summed E-state index contributed by atoms with van der Waals surface area (Å²) in [6.07, 6.45) is 0.461. The number of piperazine rings is 1. The molecule has 0 unspecified atom stereocenters. The Hall–Kier alpha value is -1.59. The largest absolute Gasteiger partial charge is 0.497 e. The molecule has 2 aliphatic heterocycles. The number of ether oxygens (including phenoxy) is 1. The summed E-state index contributed by atoms with van der Waals surface area (Å²) in [6, 6.07) is 8.44. The number of hydrogen-bond acceptors (Lipinski definition) is 4. The highest BCUT2D eigenvalue weighted by Gasteiger charge is 2.29. The maximum absolute atomic E-state index is 12.4. The fourth-order valence-corrected chi connectivity index (χ4v) is 2.94. The molecule has 1 N–H and O–H groups in total. The van der Waals surface area contributed by atoms with Crippen LogP contribution in [0.15, 0.2) is 24.3 Å². The van der Waals surface area contributed by atoms with Gasteiger partial charge in [-0.1, -0.05) is 12.1 Å². The second kappa shape index (κ2) is 6.45. The van der Waals surface area contributed by atoms with Crippen molar-refractivity contribution in [1.82, 2.24) is 15.1 Å². The zero-order chi connectivity index (χ0) is 14.7. The number of amides is 1. The summed E-state index contributed by atoms with van der Waals surface area (Å²) in [5.74, 6) is 1.03. The molecule has 0 atom stereocenters. The lowest BCUT2D eigenvalue weighted by atomic mass is 10.1. The number of methoxy groups -OCH3 is 1. The molecule has 5 nitrogen and oxygen atoms in total. The minimum absolute atomic E-state index is 0.217. The van der Waals surface area contributed by atoms with E-state index in [0.29, 0.717) is 12.5 Å². The summed E-state index contributed by atoms with van der Waals surface area (Å²) in [4.78, 5) is 16.9. The predicted molar refractivity (Wildman–Crippen MR) is 81.5 cm³/mol. The molecule has 0 aromatic heterocycles. The highest BCUT2D eigenvalue weighted by molar-refractivity contribution is 5.79. The van der Waals surface area contributed by atoms with Crippen molar-refractivity contribution in [2.45, 2.75) is 12.5 Å². The van der Waals surface area contributed by atoms with E-state index in [1.807, 2.05) is 29.2 Å². The normalized spacial score (nSPS) is 20.1. The lowest BCUT2D eigenvalue weighted by Crippen LogP contribution is -2.62. The molecule has 1 aromatic rings. The zero-order valence-corrected chi connectivity index (χ0v) is 12.5. The average Bonchev–Trinajstić information content (AvgIpc) is 2.46. The molecule has 2 saturated heterocycles. The number of carbonyl (C=O) groups is 1. The van der Waals surface area contributed by atoms with Gasteiger partial charge in [-0.05, 0) is 17.7 Å². The van der Waals surface area contributed by atoms with Crippen LogP contribution in [0.25, 0.3) is 0 Å². The number of rotatable bonds is 4. The third-order valence-corrected chi connectivity index (χ3v) is 4.43. The van der Waals surface area contributed by atoms with E-state index >= 15 is 0 Å². The minimum Gasteiger partial charge on any atom is -0.497 e. The van der Waals surface area contributed by atoms with Crippen molar-refractivity contribution in [3.05, 3.63) is 29.8 Å². The van der Waals surface area contributed by atoms with E-state index in [-0.39, 0.29) is 5.91 Å². The van der Waals surface area contributed by atoms with Crippen LogP contribution in [-0.4, -0.2) is 68.1 Å². The summed E-state index contributed by atoms with van der Waals surface area (Å²) in [7, 11) is 1.65. The van der Waals surface area contributed by atoms with Crippen LogP contribution in [-0.2, 0) is 11.2 Å². The number of nitrogens with zero attached hydrogens (tertiary/aromatic N) is 2. The highest BCUT2D eigenvalue weighted by Crippen LogP contribution is 2.15. The Labute approximate surface area is 125 Å². The predicted octanol–water partition coefficient (Wildman–Crippen LogP) is 0.354. The quantitative estimate of drug-likeness (QED) is 0.869. The van der Waals surface area contributed by atoms with Crippen LogP contribution < -0.4 is 10.1 Å². The molecule has 21 heavy (non-hydrogen) atoms. The van der Waals surface area contributed by atoms with E-state index in [4.69, 9.17) is 4.74 Å². The van der Waals surface area contributed by atoms with Crippen molar-refractivity contribution >= 4 is 5.91 Å². The minimum atomic E-state index is 0.217. The fourth-order valence-electron chi connectivity index (χ4n) is 2.94. The molecule has 0 bridgehead atoms. The Morgan fingerprint density at radius 1 is 1.29 bits per heavy atom. The van der Waals surface area contributed by atoms with E-state index in [9.17, 15) is 4.79 Å². The van der Waals surface area contributed by atoms with E-state index in [2.05, 4.69) is 10.2 Å². The van der Waals surface area contributed by atoms with Gasteiger partial charge in [-0.25, -0.2) is 0 Å². The monoisotopic (exact) mass is 289 g/mol. The molecule has 0 aliphatic carbocycles. The van der Waals surface area contributed by atoms with Crippen LogP contribution in [0.2, 0.25) is 0 Å². The molecule has 1 aromatic carbocycles. The van der Waals surface area contributed by atoms with Gasteiger partial charge in [0.05, 0.1) is 13.5 Å². The zero-order valence-electron chi connectivity index (χ0n) is 12.5. The Bertz CT molecular complexity index is 494. The standard InChI is InChI=1S/C16H23N3O2/c1-21-15-4-2-3-13(9-15)10-16(20)19-7-5-18(6-8-19)14-11-17-12-14/h2-4,9,14,17H,5-8,10-12H2,1H3. The van der Waals surface area contributed by atoms with Crippen molar-refractivity contribution in [2.75, 3.05) is 46.4 Å². The summed E-state index contributed by atoms with van der Waals surface area (Å²) in [5.41, 5.74) is 1.02. The van der Waals surface area contributed by atoms with Gasteiger partial charge < -0.3 is 15.0 Å². The lowest BCUT2D eigenvalue weighted by molar-refractivity contribution is -0.132. The molecular formula is C16H23N3O2. The number of nitrogens with one attached hydrogen (secondary N) is 1. The summed E-state index contributed by atoms with van der Waals surface area (Å²) < 4.78 is 5.20. The van der Waals surface area contributed by atoms with E-state index in [0.717, 1.165) is 50.6 Å². The molecule has 0 saturated carbocycles. The number of carbonyl (C=O) groups excluding carboxylic acids is 1.